The lowest BCUT2D eigenvalue weighted by molar-refractivity contribution is 0.0693. The molecule has 0 unspecified atom stereocenters. The van der Waals surface area contributed by atoms with Crippen LogP contribution >= 0.6 is 11.3 Å². The Kier molecular flexibility index (Phi) is 9.41. The summed E-state index contributed by atoms with van der Waals surface area (Å²) in [6, 6.07) is 8.17. The molecule has 0 bridgehead atoms. The van der Waals surface area contributed by atoms with E-state index in [1.54, 1.807) is 11.3 Å². The van der Waals surface area contributed by atoms with Crippen molar-refractivity contribution < 1.29 is 9.84 Å². The van der Waals surface area contributed by atoms with Crippen molar-refractivity contribution in [2.45, 2.75) is 58.1 Å². The van der Waals surface area contributed by atoms with Crippen LogP contribution in [0.1, 0.15) is 48.2 Å². The smallest absolute Gasteiger partial charge is 0.119 e. The van der Waals surface area contributed by atoms with Gasteiger partial charge in [-0.25, -0.2) is 4.98 Å². The van der Waals surface area contributed by atoms with Gasteiger partial charge in [0.25, 0.3) is 0 Å². The molecule has 1 atom stereocenters. The molecule has 2 aromatic rings. The second-order valence-corrected chi connectivity index (χ2v) is 8.91. The van der Waals surface area contributed by atoms with E-state index >= 15 is 0 Å². The number of nitrogens with zero attached hydrogens (tertiary/aromatic N) is 2. The van der Waals surface area contributed by atoms with Crippen LogP contribution in [0.5, 0.6) is 5.75 Å². The Morgan fingerprint density at radius 3 is 2.83 bits per heavy atom. The summed E-state index contributed by atoms with van der Waals surface area (Å²) in [7, 11) is 0. The second-order valence-electron chi connectivity index (χ2n) is 7.97. The third-order valence-corrected chi connectivity index (χ3v) is 6.43. The Morgan fingerprint density at radius 2 is 2.07 bits per heavy atom. The molecular formula is C23H35N3O2S. The predicted molar refractivity (Wildman–Crippen MR) is 120 cm³/mol. The van der Waals surface area contributed by atoms with E-state index in [4.69, 9.17) is 4.74 Å². The van der Waals surface area contributed by atoms with E-state index in [1.807, 2.05) is 17.6 Å². The maximum absolute atomic E-state index is 10.3. The molecule has 1 fully saturated rings. The Bertz CT molecular complexity index is 714. The molecule has 1 aromatic carbocycles. The van der Waals surface area contributed by atoms with Gasteiger partial charge in [0.05, 0.1) is 11.2 Å². The van der Waals surface area contributed by atoms with E-state index in [1.165, 1.54) is 36.1 Å². The van der Waals surface area contributed by atoms with Gasteiger partial charge < -0.3 is 20.1 Å². The zero-order valence-corrected chi connectivity index (χ0v) is 18.4. The van der Waals surface area contributed by atoms with Crippen molar-refractivity contribution in [3.63, 3.8) is 0 Å². The predicted octanol–water partition coefficient (Wildman–Crippen LogP) is 3.79. The molecule has 2 N–H and O–H groups in total. The lowest BCUT2D eigenvalue weighted by Crippen LogP contribution is -2.36. The number of β-amino-alcohol motifs (C(OH)–C–C–N with tert-alkyl or cyclic N) is 1. The fourth-order valence-electron chi connectivity index (χ4n) is 3.78. The van der Waals surface area contributed by atoms with Crippen LogP contribution in [0.15, 0.2) is 29.8 Å². The number of rotatable bonds is 11. The van der Waals surface area contributed by atoms with Crippen LogP contribution < -0.4 is 10.1 Å². The highest BCUT2D eigenvalue weighted by Gasteiger charge is 2.14. The average Bonchev–Trinajstić information content (AvgIpc) is 2.96. The van der Waals surface area contributed by atoms with Gasteiger partial charge in [0.1, 0.15) is 18.5 Å². The zero-order valence-electron chi connectivity index (χ0n) is 17.6. The van der Waals surface area contributed by atoms with Crippen LogP contribution in [0.25, 0.3) is 0 Å². The number of nitrogens with one attached hydrogen (secondary N) is 1. The van der Waals surface area contributed by atoms with Gasteiger partial charge in [-0.2, -0.15) is 0 Å². The first-order valence-corrected chi connectivity index (χ1v) is 11.8. The molecule has 1 saturated heterocycles. The highest BCUT2D eigenvalue weighted by Crippen LogP contribution is 2.16. The molecule has 2 heterocycles. The fourth-order valence-corrected chi connectivity index (χ4v) is 4.60. The van der Waals surface area contributed by atoms with Crippen LogP contribution in [0, 0.1) is 6.92 Å². The molecule has 0 spiro atoms. The van der Waals surface area contributed by atoms with Crippen LogP contribution in [0.3, 0.4) is 0 Å². The van der Waals surface area contributed by atoms with Crippen molar-refractivity contribution >= 4 is 11.3 Å². The van der Waals surface area contributed by atoms with Gasteiger partial charge in [0.2, 0.25) is 0 Å². The fraction of sp³-hybridized carbons (Fsp3) is 0.609. The maximum Gasteiger partial charge on any atom is 0.119 e. The van der Waals surface area contributed by atoms with Crippen LogP contribution in [0.4, 0.5) is 0 Å². The van der Waals surface area contributed by atoms with Crippen molar-refractivity contribution in [2.24, 2.45) is 0 Å². The maximum atomic E-state index is 10.3. The van der Waals surface area contributed by atoms with Gasteiger partial charge in [0, 0.05) is 18.0 Å². The first-order valence-electron chi connectivity index (χ1n) is 10.9. The Morgan fingerprint density at radius 1 is 1.24 bits per heavy atom. The van der Waals surface area contributed by atoms with E-state index in [2.05, 4.69) is 34.3 Å². The summed E-state index contributed by atoms with van der Waals surface area (Å²) in [5, 5.41) is 13.8. The Hall–Kier alpha value is -1.47. The minimum atomic E-state index is -0.440. The second kappa shape index (κ2) is 12.3. The SMILES string of the molecule is Cc1ncsc1CCCNCc1cccc(OC[C@@H](O)CN2CCCCCC2)c1. The monoisotopic (exact) mass is 417 g/mol. The van der Waals surface area contributed by atoms with Gasteiger partial charge in [-0.1, -0.05) is 25.0 Å². The molecule has 0 saturated carbocycles. The summed E-state index contributed by atoms with van der Waals surface area (Å²) in [6.07, 6.45) is 6.87. The average molecular weight is 418 g/mol. The van der Waals surface area contributed by atoms with Crippen molar-refractivity contribution in [2.75, 3.05) is 32.8 Å². The zero-order chi connectivity index (χ0) is 20.3. The van der Waals surface area contributed by atoms with Crippen molar-refractivity contribution in [3.05, 3.63) is 45.9 Å². The largest absolute Gasteiger partial charge is 0.491 e. The summed E-state index contributed by atoms with van der Waals surface area (Å²) in [5.41, 5.74) is 4.30. The molecule has 3 rings (SSSR count). The number of hydrogen-bond acceptors (Lipinski definition) is 6. The van der Waals surface area contributed by atoms with Crippen LogP contribution in [0.2, 0.25) is 0 Å². The molecule has 0 amide bonds. The molecule has 0 aliphatic carbocycles. The lowest BCUT2D eigenvalue weighted by Gasteiger charge is -2.23. The molecule has 6 heteroatoms. The highest BCUT2D eigenvalue weighted by molar-refractivity contribution is 7.09. The molecule has 0 radical (unpaired) electrons. The summed E-state index contributed by atoms with van der Waals surface area (Å²) in [4.78, 5) is 8.06. The van der Waals surface area contributed by atoms with Gasteiger partial charge in [-0.15, -0.1) is 11.3 Å². The Labute approximate surface area is 179 Å². The number of likely N-dealkylation sites (tertiary alicyclic amines) is 1. The molecule has 160 valence electrons. The van der Waals surface area contributed by atoms with Crippen LogP contribution in [-0.4, -0.2) is 53.9 Å². The van der Waals surface area contributed by atoms with Crippen molar-refractivity contribution in [1.29, 1.82) is 0 Å². The number of benzene rings is 1. The minimum absolute atomic E-state index is 0.349. The molecule has 29 heavy (non-hydrogen) atoms. The Balaban J connectivity index is 1.33. The minimum Gasteiger partial charge on any atom is -0.491 e. The van der Waals surface area contributed by atoms with Gasteiger partial charge in [-0.3, -0.25) is 0 Å². The molecule has 1 aromatic heterocycles. The first-order chi connectivity index (χ1) is 14.2. The summed E-state index contributed by atoms with van der Waals surface area (Å²) >= 11 is 1.75. The number of aliphatic hydroxyl groups is 1. The van der Waals surface area contributed by atoms with Gasteiger partial charge in [0.15, 0.2) is 0 Å². The number of aromatic nitrogens is 1. The van der Waals surface area contributed by atoms with E-state index in [-0.39, 0.29) is 0 Å². The van der Waals surface area contributed by atoms with E-state index in [0.29, 0.717) is 13.2 Å². The lowest BCUT2D eigenvalue weighted by atomic mass is 10.2. The van der Waals surface area contributed by atoms with Gasteiger partial charge in [-0.05, 0) is 69.9 Å². The van der Waals surface area contributed by atoms with Crippen molar-refractivity contribution in [3.8, 4) is 5.75 Å². The molecule has 1 aliphatic heterocycles. The van der Waals surface area contributed by atoms with E-state index in [0.717, 1.165) is 50.5 Å². The molecule has 5 nitrogen and oxygen atoms in total. The normalized spacial score (nSPS) is 16.5. The standard InChI is InChI=1S/C23H35N3O2S/c1-19-23(29-18-25-19)10-7-11-24-15-20-8-6-9-22(14-20)28-17-21(27)16-26-12-4-2-3-5-13-26/h6,8-9,14,18,21,24,27H,2-5,7,10-13,15-17H2,1H3/t21-/m0/s1. The number of ether oxygens (including phenoxy) is 1. The number of aryl methyl sites for hydroxylation is 2. The number of hydrogen-bond donors (Lipinski definition) is 2. The molecule has 1 aliphatic rings. The quantitative estimate of drug-likeness (QED) is 0.545. The third kappa shape index (κ3) is 8.05. The van der Waals surface area contributed by atoms with Crippen molar-refractivity contribution in [1.82, 2.24) is 15.2 Å². The van der Waals surface area contributed by atoms with E-state index in [9.17, 15) is 5.11 Å². The van der Waals surface area contributed by atoms with Crippen LogP contribution in [-0.2, 0) is 13.0 Å². The highest BCUT2D eigenvalue weighted by atomic mass is 32.1. The molecular weight excluding hydrogens is 382 g/mol. The summed E-state index contributed by atoms with van der Waals surface area (Å²) < 4.78 is 5.86. The first kappa shape index (κ1) is 22.2. The summed E-state index contributed by atoms with van der Waals surface area (Å²) in [6.45, 7) is 7.14. The van der Waals surface area contributed by atoms with Gasteiger partial charge >= 0.3 is 0 Å². The number of thiazole rings is 1. The third-order valence-electron chi connectivity index (χ3n) is 5.44. The van der Waals surface area contributed by atoms with E-state index < -0.39 is 6.10 Å². The number of aliphatic hydroxyl groups excluding tert-OH is 1. The topological polar surface area (TPSA) is 57.6 Å². The summed E-state index contributed by atoms with van der Waals surface area (Å²) in [5.74, 6) is 0.833.